The second-order valence-corrected chi connectivity index (χ2v) is 1.84. The van der Waals surface area contributed by atoms with Gasteiger partial charge in [0.05, 0.1) is 0 Å². The van der Waals surface area contributed by atoms with E-state index in [4.69, 9.17) is 10.00 Å². The number of ether oxygens (including phenoxy) is 1. The lowest BCUT2D eigenvalue weighted by Crippen LogP contribution is -2.00. The van der Waals surface area contributed by atoms with Gasteiger partial charge in [0.1, 0.15) is 23.1 Å². The topological polar surface area (TPSA) is 33.0 Å². The van der Waals surface area contributed by atoms with Gasteiger partial charge < -0.3 is 4.74 Å². The van der Waals surface area contributed by atoms with Crippen molar-refractivity contribution in [1.82, 2.24) is 0 Å². The first-order valence-electron chi connectivity index (χ1n) is 2.63. The van der Waals surface area contributed by atoms with E-state index in [1.165, 1.54) is 0 Å². The monoisotopic (exact) mass is 117 g/mol. The molecular weight excluding hydrogens is 114 g/mol. The summed E-state index contributed by atoms with van der Waals surface area (Å²) in [6.07, 6.45) is 0. The molecule has 0 aliphatic carbocycles. The third-order valence-electron chi connectivity index (χ3n) is 1.32. The molecule has 1 aromatic rings. The van der Waals surface area contributed by atoms with Gasteiger partial charge in [-0.3, -0.25) is 0 Å². The minimum absolute atomic E-state index is 0.678. The number of hydrogen-bond acceptors (Lipinski definition) is 2. The SMILES string of the molecule is N#Cc1c2cccc1O2. The van der Waals surface area contributed by atoms with Gasteiger partial charge in [0, 0.05) is 0 Å². The van der Waals surface area contributed by atoms with Gasteiger partial charge in [-0.2, -0.15) is 5.26 Å². The fraction of sp³-hybridized carbons (Fsp3) is 0. The molecule has 42 valence electrons. The Bertz CT molecular complexity index is 278. The lowest BCUT2D eigenvalue weighted by atomic mass is 10.1. The molecule has 0 amide bonds. The molecule has 3 rings (SSSR count). The summed E-state index contributed by atoms with van der Waals surface area (Å²) in [4.78, 5) is 0. The molecule has 0 aromatic heterocycles. The molecular formula is C7H3NO. The van der Waals surface area contributed by atoms with Crippen molar-refractivity contribution in [1.29, 1.82) is 5.26 Å². The van der Waals surface area contributed by atoms with Crippen LogP contribution >= 0.6 is 0 Å². The summed E-state index contributed by atoms with van der Waals surface area (Å²) >= 11 is 0. The van der Waals surface area contributed by atoms with Gasteiger partial charge in [0.25, 0.3) is 0 Å². The van der Waals surface area contributed by atoms with Crippen LogP contribution < -0.4 is 4.74 Å². The molecule has 0 N–H and O–H groups in total. The van der Waals surface area contributed by atoms with E-state index in [-0.39, 0.29) is 0 Å². The molecule has 2 bridgehead atoms. The highest BCUT2D eigenvalue weighted by atomic mass is 16.5. The van der Waals surface area contributed by atoms with Gasteiger partial charge in [0.15, 0.2) is 0 Å². The average molecular weight is 117 g/mol. The highest BCUT2D eigenvalue weighted by molar-refractivity contribution is 5.61. The Morgan fingerprint density at radius 2 is 2.00 bits per heavy atom. The first kappa shape index (κ1) is 4.39. The van der Waals surface area contributed by atoms with Crippen LogP contribution in [0.4, 0.5) is 0 Å². The maximum atomic E-state index is 8.43. The second-order valence-electron chi connectivity index (χ2n) is 1.84. The molecule has 2 aliphatic heterocycles. The normalized spacial score (nSPS) is 11.0. The van der Waals surface area contributed by atoms with Crippen molar-refractivity contribution in [2.45, 2.75) is 0 Å². The van der Waals surface area contributed by atoms with E-state index in [1.54, 1.807) is 12.1 Å². The quantitative estimate of drug-likeness (QED) is 0.525. The minimum Gasteiger partial charge on any atom is -0.454 e. The third-order valence-corrected chi connectivity index (χ3v) is 1.32. The van der Waals surface area contributed by atoms with E-state index in [0.717, 1.165) is 0 Å². The van der Waals surface area contributed by atoms with Crippen molar-refractivity contribution in [2.75, 3.05) is 0 Å². The number of nitrogens with zero attached hydrogens (tertiary/aromatic N) is 1. The van der Waals surface area contributed by atoms with Crippen LogP contribution in [0.25, 0.3) is 0 Å². The average Bonchev–Trinajstić information content (AvgIpc) is 1.90. The standard InChI is InChI=1S/C7H3NO/c8-4-5-6-2-1-3-7(5)9-6/h1-3H. The highest BCUT2D eigenvalue weighted by Crippen LogP contribution is 2.40. The fourth-order valence-corrected chi connectivity index (χ4v) is 0.863. The van der Waals surface area contributed by atoms with Crippen LogP contribution in [0.1, 0.15) is 5.56 Å². The van der Waals surface area contributed by atoms with Crippen LogP contribution in [0.15, 0.2) is 18.2 Å². The summed E-state index contributed by atoms with van der Waals surface area (Å²) in [5, 5.41) is 8.43. The molecule has 0 spiro atoms. The van der Waals surface area contributed by atoms with Crippen molar-refractivity contribution in [3.63, 3.8) is 0 Å². The van der Waals surface area contributed by atoms with Crippen LogP contribution in [0, 0.1) is 11.3 Å². The molecule has 0 saturated heterocycles. The zero-order valence-corrected chi connectivity index (χ0v) is 4.59. The Morgan fingerprint density at radius 1 is 1.33 bits per heavy atom. The predicted molar refractivity (Wildman–Crippen MR) is 31.2 cm³/mol. The van der Waals surface area contributed by atoms with Crippen LogP contribution in [0.3, 0.4) is 0 Å². The molecule has 0 unspecified atom stereocenters. The summed E-state index contributed by atoms with van der Waals surface area (Å²) < 4.78 is 5.01. The lowest BCUT2D eigenvalue weighted by molar-refractivity contribution is 0.433. The summed E-state index contributed by atoms with van der Waals surface area (Å²) in [5.74, 6) is 1.41. The van der Waals surface area contributed by atoms with Crippen molar-refractivity contribution in [3.8, 4) is 17.6 Å². The van der Waals surface area contributed by atoms with Gasteiger partial charge in [-0.1, -0.05) is 6.07 Å². The number of fused-ring (bicyclic) bond motifs is 2. The highest BCUT2D eigenvalue weighted by Gasteiger charge is 2.19. The van der Waals surface area contributed by atoms with E-state index in [9.17, 15) is 0 Å². The lowest BCUT2D eigenvalue weighted by Gasteiger charge is -2.17. The van der Waals surface area contributed by atoms with E-state index in [0.29, 0.717) is 17.1 Å². The molecule has 0 saturated carbocycles. The van der Waals surface area contributed by atoms with Crippen molar-refractivity contribution in [3.05, 3.63) is 23.8 Å². The Hall–Kier alpha value is -1.49. The predicted octanol–water partition coefficient (Wildman–Crippen LogP) is 1.66. The third kappa shape index (κ3) is 0.386. The molecule has 0 fully saturated rings. The molecule has 0 radical (unpaired) electrons. The molecule has 0 atom stereocenters. The summed E-state index contributed by atoms with van der Waals surface area (Å²) in [7, 11) is 0. The molecule has 9 heavy (non-hydrogen) atoms. The van der Waals surface area contributed by atoms with Crippen LogP contribution in [0.5, 0.6) is 11.5 Å². The first-order chi connectivity index (χ1) is 4.42. The minimum atomic E-state index is 0.678. The van der Waals surface area contributed by atoms with Crippen LogP contribution in [-0.4, -0.2) is 0 Å². The number of benzene rings is 1. The van der Waals surface area contributed by atoms with E-state index in [1.807, 2.05) is 12.1 Å². The zero-order chi connectivity index (χ0) is 6.27. The zero-order valence-electron chi connectivity index (χ0n) is 4.59. The number of nitriles is 1. The smallest absolute Gasteiger partial charge is 0.149 e. The van der Waals surface area contributed by atoms with Gasteiger partial charge >= 0.3 is 0 Å². The van der Waals surface area contributed by atoms with Gasteiger partial charge in [-0.15, -0.1) is 0 Å². The molecule has 2 heteroatoms. The van der Waals surface area contributed by atoms with E-state index < -0.39 is 0 Å². The Kier molecular flexibility index (Phi) is 0.617. The summed E-state index contributed by atoms with van der Waals surface area (Å²) in [6.45, 7) is 0. The largest absolute Gasteiger partial charge is 0.454 e. The van der Waals surface area contributed by atoms with Crippen molar-refractivity contribution in [2.24, 2.45) is 0 Å². The van der Waals surface area contributed by atoms with E-state index in [2.05, 4.69) is 0 Å². The molecule has 2 heterocycles. The first-order valence-corrected chi connectivity index (χ1v) is 2.63. The van der Waals surface area contributed by atoms with Crippen molar-refractivity contribution >= 4 is 0 Å². The van der Waals surface area contributed by atoms with Gasteiger partial charge in [-0.25, -0.2) is 0 Å². The Morgan fingerprint density at radius 3 is 2.33 bits per heavy atom. The number of hydrogen-bond donors (Lipinski definition) is 0. The van der Waals surface area contributed by atoms with Crippen LogP contribution in [0.2, 0.25) is 0 Å². The molecule has 2 nitrogen and oxygen atoms in total. The Balaban J connectivity index is 2.71. The van der Waals surface area contributed by atoms with Crippen molar-refractivity contribution < 1.29 is 4.74 Å². The fourth-order valence-electron chi connectivity index (χ4n) is 0.863. The maximum absolute atomic E-state index is 8.43. The molecule has 2 aliphatic rings. The number of rotatable bonds is 0. The second kappa shape index (κ2) is 1.26. The van der Waals surface area contributed by atoms with Crippen LogP contribution in [-0.2, 0) is 0 Å². The van der Waals surface area contributed by atoms with Gasteiger partial charge in [0.2, 0.25) is 0 Å². The molecule has 1 aromatic carbocycles. The summed E-state index contributed by atoms with van der Waals surface area (Å²) in [6, 6.07) is 7.48. The van der Waals surface area contributed by atoms with E-state index >= 15 is 0 Å². The Labute approximate surface area is 52.3 Å². The summed E-state index contributed by atoms with van der Waals surface area (Å²) in [5.41, 5.74) is 0.678. The van der Waals surface area contributed by atoms with Gasteiger partial charge in [-0.05, 0) is 12.1 Å². The maximum Gasteiger partial charge on any atom is 0.149 e.